The van der Waals surface area contributed by atoms with Crippen LogP contribution >= 0.6 is 15.9 Å². The first-order chi connectivity index (χ1) is 16.6. The molecule has 0 spiro atoms. The molecular weight excluding hydrogens is 492 g/mol. The lowest BCUT2D eigenvalue weighted by molar-refractivity contribution is -0.121. The Morgan fingerprint density at radius 2 is 1.82 bits per heavy atom. The highest BCUT2D eigenvalue weighted by Gasteiger charge is 2.14. The summed E-state index contributed by atoms with van der Waals surface area (Å²) in [6, 6.07) is 27.0. The van der Waals surface area contributed by atoms with Gasteiger partial charge in [-0.3, -0.25) is 4.79 Å². The summed E-state index contributed by atoms with van der Waals surface area (Å²) < 4.78 is 2.86. The number of fused-ring (bicyclic) bond motifs is 2. The molecule has 0 unspecified atom stereocenters. The van der Waals surface area contributed by atoms with Crippen LogP contribution < -0.4 is 5.43 Å². The molecule has 0 aliphatic rings. The van der Waals surface area contributed by atoms with Gasteiger partial charge in [0.2, 0.25) is 0 Å². The summed E-state index contributed by atoms with van der Waals surface area (Å²) in [5.74, 6) is 0.624. The van der Waals surface area contributed by atoms with Crippen molar-refractivity contribution in [1.29, 1.82) is 0 Å². The SMILES string of the molecule is O=C(Cn1c(Cc2ccccc2)nc2ccccc21)NN=Cc1c(O)ccc2cc(Br)ccc12. The van der Waals surface area contributed by atoms with E-state index < -0.39 is 0 Å². The zero-order valence-electron chi connectivity index (χ0n) is 18.1. The number of hydrogen-bond donors (Lipinski definition) is 2. The van der Waals surface area contributed by atoms with Crippen molar-refractivity contribution in [3.8, 4) is 5.75 Å². The number of carbonyl (C=O) groups excluding carboxylic acids is 1. The highest BCUT2D eigenvalue weighted by Crippen LogP contribution is 2.28. The van der Waals surface area contributed by atoms with E-state index in [1.807, 2.05) is 83.4 Å². The van der Waals surface area contributed by atoms with Gasteiger partial charge in [0.1, 0.15) is 18.1 Å². The first-order valence-electron chi connectivity index (χ1n) is 10.8. The molecule has 0 fully saturated rings. The molecule has 2 N–H and O–H groups in total. The van der Waals surface area contributed by atoms with Crippen molar-refractivity contribution in [2.45, 2.75) is 13.0 Å². The van der Waals surface area contributed by atoms with E-state index in [9.17, 15) is 9.90 Å². The van der Waals surface area contributed by atoms with E-state index in [-0.39, 0.29) is 18.2 Å². The Kier molecular flexibility index (Phi) is 6.10. The lowest BCUT2D eigenvalue weighted by Gasteiger charge is -2.09. The third kappa shape index (κ3) is 4.56. The molecule has 1 amide bonds. The van der Waals surface area contributed by atoms with Crippen molar-refractivity contribution >= 4 is 49.9 Å². The summed E-state index contributed by atoms with van der Waals surface area (Å²) in [5, 5.41) is 16.2. The number of benzene rings is 4. The van der Waals surface area contributed by atoms with Crippen LogP contribution in [0.4, 0.5) is 0 Å². The second kappa shape index (κ2) is 9.49. The molecule has 0 saturated heterocycles. The van der Waals surface area contributed by atoms with Crippen LogP contribution in [-0.4, -0.2) is 26.8 Å². The fourth-order valence-electron chi connectivity index (χ4n) is 4.01. The Labute approximate surface area is 204 Å². The monoisotopic (exact) mass is 512 g/mol. The van der Waals surface area contributed by atoms with Crippen molar-refractivity contribution in [3.63, 3.8) is 0 Å². The van der Waals surface area contributed by atoms with Crippen LogP contribution in [0.15, 0.2) is 94.5 Å². The number of aromatic hydroxyl groups is 1. The molecule has 168 valence electrons. The fourth-order valence-corrected chi connectivity index (χ4v) is 4.39. The van der Waals surface area contributed by atoms with Crippen LogP contribution in [0.5, 0.6) is 5.75 Å². The Bertz CT molecular complexity index is 1530. The zero-order chi connectivity index (χ0) is 23.5. The minimum absolute atomic E-state index is 0.0779. The quantitative estimate of drug-likeness (QED) is 0.236. The molecule has 0 bridgehead atoms. The highest BCUT2D eigenvalue weighted by molar-refractivity contribution is 9.10. The van der Waals surface area contributed by atoms with E-state index in [1.54, 1.807) is 6.07 Å². The second-order valence-electron chi connectivity index (χ2n) is 7.92. The summed E-state index contributed by atoms with van der Waals surface area (Å²) in [5.41, 5.74) is 5.99. The first-order valence-corrected chi connectivity index (χ1v) is 11.6. The lowest BCUT2D eigenvalue weighted by Crippen LogP contribution is -2.24. The van der Waals surface area contributed by atoms with Crippen molar-refractivity contribution in [2.24, 2.45) is 5.10 Å². The van der Waals surface area contributed by atoms with Crippen molar-refractivity contribution in [2.75, 3.05) is 0 Å². The molecule has 0 atom stereocenters. The van der Waals surface area contributed by atoms with Gasteiger partial charge < -0.3 is 9.67 Å². The molecule has 1 heterocycles. The van der Waals surface area contributed by atoms with E-state index >= 15 is 0 Å². The number of hydrogen-bond acceptors (Lipinski definition) is 4. The van der Waals surface area contributed by atoms with Gasteiger partial charge in [-0.2, -0.15) is 5.10 Å². The number of para-hydroxylation sites is 2. The van der Waals surface area contributed by atoms with Gasteiger partial charge in [-0.15, -0.1) is 0 Å². The summed E-state index contributed by atoms with van der Waals surface area (Å²) in [6.45, 7) is 0.0779. The highest BCUT2D eigenvalue weighted by atomic mass is 79.9. The molecule has 34 heavy (non-hydrogen) atoms. The van der Waals surface area contributed by atoms with E-state index in [4.69, 9.17) is 4.98 Å². The largest absolute Gasteiger partial charge is 0.507 e. The molecule has 6 nitrogen and oxygen atoms in total. The van der Waals surface area contributed by atoms with Crippen LogP contribution in [0.3, 0.4) is 0 Å². The Hall–Kier alpha value is -3.97. The van der Waals surface area contributed by atoms with Gasteiger partial charge in [-0.1, -0.05) is 70.5 Å². The number of imidazole rings is 1. The maximum absolute atomic E-state index is 12.8. The second-order valence-corrected chi connectivity index (χ2v) is 8.84. The molecule has 0 aliphatic heterocycles. The average molecular weight is 513 g/mol. The number of amides is 1. The van der Waals surface area contributed by atoms with Gasteiger partial charge in [0, 0.05) is 16.5 Å². The fraction of sp³-hybridized carbons (Fsp3) is 0.0741. The van der Waals surface area contributed by atoms with Crippen molar-refractivity contribution in [3.05, 3.63) is 106 Å². The predicted molar refractivity (Wildman–Crippen MR) is 138 cm³/mol. The molecule has 5 rings (SSSR count). The third-order valence-corrected chi connectivity index (χ3v) is 6.12. The number of carbonyl (C=O) groups is 1. The summed E-state index contributed by atoms with van der Waals surface area (Å²) in [7, 11) is 0. The molecule has 0 aliphatic carbocycles. The number of phenolic OH excluding ortho intramolecular Hbond substituents is 1. The van der Waals surface area contributed by atoms with Crippen LogP contribution in [-0.2, 0) is 17.8 Å². The average Bonchev–Trinajstić information content (AvgIpc) is 3.18. The first kappa shape index (κ1) is 21.9. The van der Waals surface area contributed by atoms with Gasteiger partial charge in [0.05, 0.1) is 17.2 Å². The third-order valence-electron chi connectivity index (χ3n) is 5.62. The van der Waals surface area contributed by atoms with Gasteiger partial charge in [-0.05, 0) is 46.7 Å². The maximum Gasteiger partial charge on any atom is 0.260 e. The normalized spacial score (nSPS) is 11.4. The molecule has 5 aromatic rings. The molecule has 7 heteroatoms. The lowest BCUT2D eigenvalue weighted by atomic mass is 10.0. The molecular formula is C27H21BrN4O2. The van der Waals surface area contributed by atoms with E-state index in [1.165, 1.54) is 6.21 Å². The van der Waals surface area contributed by atoms with E-state index in [0.29, 0.717) is 12.0 Å². The summed E-state index contributed by atoms with van der Waals surface area (Å²) >= 11 is 3.46. The summed E-state index contributed by atoms with van der Waals surface area (Å²) in [6.07, 6.45) is 2.09. The van der Waals surface area contributed by atoms with Crippen molar-refractivity contribution in [1.82, 2.24) is 15.0 Å². The Balaban J connectivity index is 1.38. The molecule has 1 aromatic heterocycles. The minimum atomic E-state index is -0.281. The molecule has 0 radical (unpaired) electrons. The van der Waals surface area contributed by atoms with Gasteiger partial charge in [0.25, 0.3) is 5.91 Å². The predicted octanol–water partition coefficient (Wildman–Crippen LogP) is 5.40. The number of nitrogens with zero attached hydrogens (tertiary/aromatic N) is 3. The Morgan fingerprint density at radius 1 is 1.03 bits per heavy atom. The number of rotatable bonds is 6. The smallest absolute Gasteiger partial charge is 0.260 e. The molecule has 4 aromatic carbocycles. The number of halogens is 1. The van der Waals surface area contributed by atoms with Gasteiger partial charge in [0.15, 0.2) is 0 Å². The number of aromatic nitrogens is 2. The molecule has 0 saturated carbocycles. The number of hydrazone groups is 1. The number of nitrogens with one attached hydrogen (secondary N) is 1. The van der Waals surface area contributed by atoms with Gasteiger partial charge in [-0.25, -0.2) is 10.4 Å². The number of phenols is 1. The topological polar surface area (TPSA) is 79.5 Å². The van der Waals surface area contributed by atoms with Crippen LogP contribution in [0, 0.1) is 0 Å². The van der Waals surface area contributed by atoms with E-state index in [2.05, 4.69) is 26.5 Å². The van der Waals surface area contributed by atoms with Crippen LogP contribution in [0.2, 0.25) is 0 Å². The minimum Gasteiger partial charge on any atom is -0.507 e. The van der Waals surface area contributed by atoms with E-state index in [0.717, 1.165) is 37.7 Å². The standard InChI is InChI=1S/C27H21BrN4O2/c28-20-11-12-21-19(15-20)10-13-25(33)22(21)16-29-31-27(34)17-32-24-9-5-4-8-23(24)30-26(32)14-18-6-2-1-3-7-18/h1-13,15-16,33H,14,17H2,(H,31,34). The van der Waals surface area contributed by atoms with Crippen LogP contribution in [0.1, 0.15) is 17.0 Å². The Morgan fingerprint density at radius 3 is 2.68 bits per heavy atom. The zero-order valence-corrected chi connectivity index (χ0v) is 19.7. The van der Waals surface area contributed by atoms with Crippen molar-refractivity contribution < 1.29 is 9.90 Å². The van der Waals surface area contributed by atoms with Crippen LogP contribution in [0.25, 0.3) is 21.8 Å². The summed E-state index contributed by atoms with van der Waals surface area (Å²) in [4.78, 5) is 17.5. The maximum atomic E-state index is 12.8. The van der Waals surface area contributed by atoms with Gasteiger partial charge >= 0.3 is 0 Å².